The Balaban J connectivity index is 2.34. The van der Waals surface area contributed by atoms with Gasteiger partial charge in [-0.3, -0.25) is 4.79 Å². The Morgan fingerprint density at radius 3 is 2.38 bits per heavy atom. The Bertz CT molecular complexity index is 668. The van der Waals surface area contributed by atoms with Crippen LogP contribution in [-0.4, -0.2) is 42.1 Å². The second kappa shape index (κ2) is 5.45. The molecule has 0 bridgehead atoms. The van der Waals surface area contributed by atoms with Gasteiger partial charge in [-0.05, 0) is 12.5 Å². The van der Waals surface area contributed by atoms with E-state index < -0.39 is 33.2 Å². The molecule has 1 heterocycles. The number of aliphatic carboxylic acids is 1. The van der Waals surface area contributed by atoms with Crippen LogP contribution in [0.1, 0.15) is 23.6 Å². The lowest BCUT2D eigenvalue weighted by molar-refractivity contribution is -0.148. The Labute approximate surface area is 122 Å². The van der Waals surface area contributed by atoms with E-state index in [1.54, 1.807) is 24.3 Å². The van der Waals surface area contributed by atoms with Crippen molar-refractivity contribution in [1.29, 1.82) is 0 Å². The van der Waals surface area contributed by atoms with Crippen molar-refractivity contribution >= 4 is 21.9 Å². The summed E-state index contributed by atoms with van der Waals surface area (Å²) in [6.45, 7) is 1.65. The van der Waals surface area contributed by atoms with Gasteiger partial charge in [0.1, 0.15) is 5.25 Å². The Morgan fingerprint density at radius 2 is 1.95 bits per heavy atom. The first-order valence-electron chi connectivity index (χ1n) is 6.30. The minimum Gasteiger partial charge on any atom is -0.479 e. The molecule has 8 heteroatoms. The second-order valence-electron chi connectivity index (χ2n) is 5.11. The number of carboxylic acid groups (broad SMARTS) is 1. The molecule has 2 unspecified atom stereocenters. The van der Waals surface area contributed by atoms with Crippen LogP contribution in [0.25, 0.3) is 0 Å². The minimum atomic E-state index is -3.87. The van der Waals surface area contributed by atoms with Gasteiger partial charge < -0.3 is 10.0 Å². The molecule has 0 aliphatic carbocycles. The summed E-state index contributed by atoms with van der Waals surface area (Å²) >= 11 is 0. The number of carbonyl (C=O) groups is 2. The van der Waals surface area contributed by atoms with E-state index in [4.69, 9.17) is 5.14 Å². The molecule has 2 atom stereocenters. The highest BCUT2D eigenvalue weighted by Crippen LogP contribution is 2.28. The van der Waals surface area contributed by atoms with Gasteiger partial charge in [-0.25, -0.2) is 18.4 Å². The van der Waals surface area contributed by atoms with Crippen LogP contribution in [0.5, 0.6) is 0 Å². The molecule has 1 aliphatic rings. The maximum Gasteiger partial charge on any atom is 0.331 e. The van der Waals surface area contributed by atoms with E-state index in [-0.39, 0.29) is 13.0 Å². The molecule has 114 valence electrons. The highest BCUT2D eigenvalue weighted by Gasteiger charge is 2.42. The van der Waals surface area contributed by atoms with Gasteiger partial charge in [0.15, 0.2) is 6.04 Å². The summed E-state index contributed by atoms with van der Waals surface area (Å²) in [5.74, 6) is -1.73. The van der Waals surface area contributed by atoms with Crippen LogP contribution in [0.4, 0.5) is 0 Å². The molecular formula is C13H16N2O5S. The summed E-state index contributed by atoms with van der Waals surface area (Å²) in [6, 6.07) is 5.51. The number of aryl methyl sites for hydroxylation is 1. The second-order valence-corrected chi connectivity index (χ2v) is 6.96. The van der Waals surface area contributed by atoms with Crippen LogP contribution in [0.15, 0.2) is 24.3 Å². The average molecular weight is 312 g/mol. The van der Waals surface area contributed by atoms with E-state index in [0.29, 0.717) is 5.56 Å². The van der Waals surface area contributed by atoms with Crippen molar-refractivity contribution in [1.82, 2.24) is 4.90 Å². The molecule has 0 radical (unpaired) electrons. The monoisotopic (exact) mass is 312 g/mol. The molecule has 3 N–H and O–H groups in total. The molecule has 1 amide bonds. The smallest absolute Gasteiger partial charge is 0.331 e. The van der Waals surface area contributed by atoms with Gasteiger partial charge in [-0.15, -0.1) is 0 Å². The van der Waals surface area contributed by atoms with Crippen molar-refractivity contribution in [2.45, 2.75) is 24.6 Å². The summed E-state index contributed by atoms with van der Waals surface area (Å²) in [7, 11) is -3.87. The highest BCUT2D eigenvalue weighted by molar-refractivity contribution is 7.89. The third-order valence-corrected chi connectivity index (χ3v) is 4.77. The summed E-state index contributed by atoms with van der Waals surface area (Å²) in [6.07, 6.45) is -0.283. The van der Waals surface area contributed by atoms with Crippen LogP contribution < -0.4 is 5.14 Å². The first-order chi connectivity index (χ1) is 9.70. The maximum atomic E-state index is 12.0. The van der Waals surface area contributed by atoms with Crippen molar-refractivity contribution in [3.8, 4) is 0 Å². The van der Waals surface area contributed by atoms with Crippen LogP contribution in [0, 0.1) is 6.92 Å². The van der Waals surface area contributed by atoms with Crippen LogP contribution in [0.3, 0.4) is 0 Å². The van der Waals surface area contributed by atoms with E-state index in [0.717, 1.165) is 10.5 Å². The maximum absolute atomic E-state index is 12.0. The van der Waals surface area contributed by atoms with Crippen LogP contribution in [0.2, 0.25) is 0 Å². The van der Waals surface area contributed by atoms with Gasteiger partial charge in [0, 0.05) is 13.0 Å². The Hall–Kier alpha value is -1.93. The lowest BCUT2D eigenvalue weighted by atomic mass is 10.0. The van der Waals surface area contributed by atoms with Gasteiger partial charge in [-0.2, -0.15) is 0 Å². The van der Waals surface area contributed by atoms with Crippen LogP contribution in [-0.2, 0) is 19.6 Å². The Morgan fingerprint density at radius 1 is 1.38 bits per heavy atom. The number of likely N-dealkylation sites (tertiary alicyclic amines) is 1. The van der Waals surface area contributed by atoms with Gasteiger partial charge in [0.2, 0.25) is 15.9 Å². The van der Waals surface area contributed by atoms with Crippen molar-refractivity contribution in [3.63, 3.8) is 0 Å². The molecule has 0 aromatic heterocycles. The van der Waals surface area contributed by atoms with Crippen LogP contribution >= 0.6 is 0 Å². The molecule has 0 spiro atoms. The molecule has 1 aromatic rings. The number of benzene rings is 1. The summed E-state index contributed by atoms with van der Waals surface area (Å²) in [4.78, 5) is 24.5. The molecule has 1 aliphatic heterocycles. The number of hydrogen-bond donors (Lipinski definition) is 2. The topological polar surface area (TPSA) is 118 Å². The SMILES string of the molecule is Cc1ccc(C(C(=O)O)N2CC(S(N)(=O)=O)CC2=O)cc1. The van der Waals surface area contributed by atoms with Crippen molar-refractivity contribution in [2.75, 3.05) is 6.54 Å². The number of hydrogen-bond acceptors (Lipinski definition) is 4. The summed E-state index contributed by atoms with van der Waals surface area (Å²) in [5, 5.41) is 13.4. The first-order valence-corrected chi connectivity index (χ1v) is 7.91. The average Bonchev–Trinajstić information content (AvgIpc) is 2.74. The van der Waals surface area contributed by atoms with E-state index >= 15 is 0 Å². The molecular weight excluding hydrogens is 296 g/mol. The predicted octanol–water partition coefficient (Wildman–Crippen LogP) is 0.0101. The zero-order valence-corrected chi connectivity index (χ0v) is 12.2. The molecule has 0 saturated carbocycles. The molecule has 2 rings (SSSR count). The third-order valence-electron chi connectivity index (χ3n) is 3.53. The number of carbonyl (C=O) groups excluding carboxylic acids is 1. The number of carboxylic acids is 1. The molecule has 1 fully saturated rings. The fourth-order valence-electron chi connectivity index (χ4n) is 2.37. The first kappa shape index (κ1) is 15.5. The van der Waals surface area contributed by atoms with Crippen molar-refractivity contribution in [3.05, 3.63) is 35.4 Å². The lowest BCUT2D eigenvalue weighted by Crippen LogP contribution is -2.37. The van der Waals surface area contributed by atoms with E-state index in [1.165, 1.54) is 0 Å². The number of primary sulfonamides is 1. The molecule has 1 aromatic carbocycles. The van der Waals surface area contributed by atoms with Gasteiger partial charge >= 0.3 is 5.97 Å². The third kappa shape index (κ3) is 3.22. The zero-order chi connectivity index (χ0) is 15.8. The lowest BCUT2D eigenvalue weighted by Gasteiger charge is -2.25. The molecule has 1 saturated heterocycles. The fraction of sp³-hybridized carbons (Fsp3) is 0.385. The minimum absolute atomic E-state index is 0.206. The van der Waals surface area contributed by atoms with Crippen molar-refractivity contribution in [2.24, 2.45) is 5.14 Å². The van der Waals surface area contributed by atoms with E-state index in [9.17, 15) is 23.1 Å². The number of amides is 1. The standard InChI is InChI=1S/C13H16N2O5S/c1-8-2-4-9(5-3-8)12(13(17)18)15-7-10(6-11(15)16)21(14,19)20/h2-5,10,12H,6-7H2,1H3,(H,17,18)(H2,14,19,20). The number of nitrogens with two attached hydrogens (primary N) is 1. The summed E-state index contributed by atoms with van der Waals surface area (Å²) < 4.78 is 22.7. The largest absolute Gasteiger partial charge is 0.479 e. The number of rotatable bonds is 4. The van der Waals surface area contributed by atoms with E-state index in [2.05, 4.69) is 0 Å². The quantitative estimate of drug-likeness (QED) is 0.812. The summed E-state index contributed by atoms with van der Waals surface area (Å²) in [5.41, 5.74) is 1.38. The normalized spacial score (nSPS) is 20.6. The van der Waals surface area contributed by atoms with Gasteiger partial charge in [0.05, 0.1) is 0 Å². The zero-order valence-electron chi connectivity index (χ0n) is 11.4. The molecule has 21 heavy (non-hydrogen) atoms. The van der Waals surface area contributed by atoms with Crippen molar-refractivity contribution < 1.29 is 23.1 Å². The number of nitrogens with zero attached hydrogens (tertiary/aromatic N) is 1. The molecule has 7 nitrogen and oxygen atoms in total. The van der Waals surface area contributed by atoms with E-state index in [1.807, 2.05) is 6.92 Å². The Kier molecular flexibility index (Phi) is 4.02. The van der Waals surface area contributed by atoms with Gasteiger partial charge in [0.25, 0.3) is 0 Å². The highest BCUT2D eigenvalue weighted by atomic mass is 32.2. The predicted molar refractivity (Wildman–Crippen MR) is 74.8 cm³/mol. The number of sulfonamides is 1. The van der Waals surface area contributed by atoms with Gasteiger partial charge in [-0.1, -0.05) is 29.8 Å². The fourth-order valence-corrected chi connectivity index (χ4v) is 3.12.